The van der Waals surface area contributed by atoms with Gasteiger partial charge < -0.3 is 19.5 Å². The van der Waals surface area contributed by atoms with E-state index in [1.165, 1.54) is 6.26 Å². The predicted molar refractivity (Wildman–Crippen MR) is 61.5 cm³/mol. The number of likely N-dealkylation sites (tertiary alicyclic amines) is 1. The molecule has 0 aromatic rings. The van der Waals surface area contributed by atoms with E-state index in [-0.39, 0.29) is 24.0 Å². The highest BCUT2D eigenvalue weighted by molar-refractivity contribution is 5.91. The maximum atomic E-state index is 12.0. The lowest BCUT2D eigenvalue weighted by Gasteiger charge is -2.20. The Labute approximate surface area is 105 Å². The van der Waals surface area contributed by atoms with Crippen LogP contribution in [-0.2, 0) is 19.1 Å². The summed E-state index contributed by atoms with van der Waals surface area (Å²) in [5.74, 6) is -0.422. The van der Waals surface area contributed by atoms with E-state index in [2.05, 4.69) is 0 Å². The van der Waals surface area contributed by atoms with Crippen LogP contribution in [-0.4, -0.2) is 48.2 Å². The molecule has 0 aliphatic carbocycles. The molecule has 6 heteroatoms. The lowest BCUT2D eigenvalue weighted by molar-refractivity contribution is -0.137. The molecule has 0 radical (unpaired) electrons. The molecule has 1 unspecified atom stereocenters. The van der Waals surface area contributed by atoms with Crippen molar-refractivity contribution in [3.63, 3.8) is 0 Å². The number of ether oxygens (including phenoxy) is 2. The molecular formula is C12H17NO5. The fourth-order valence-corrected chi connectivity index (χ4v) is 2.22. The number of rotatable bonds is 4. The second-order valence-electron chi connectivity index (χ2n) is 4.54. The zero-order chi connectivity index (χ0) is 13.0. The van der Waals surface area contributed by atoms with Crippen molar-refractivity contribution >= 4 is 11.9 Å². The number of aliphatic carboxylic acids is 1. The molecular weight excluding hydrogens is 238 g/mol. The van der Waals surface area contributed by atoms with E-state index in [0.29, 0.717) is 32.7 Å². The van der Waals surface area contributed by atoms with Crippen LogP contribution in [0.25, 0.3) is 0 Å². The molecule has 1 amide bonds. The molecule has 1 atom stereocenters. The first kappa shape index (κ1) is 12.7. The standard InChI is InChI=1S/C12H17NO5/c14-11(15)2-1-9-3-4-13(7-9)12(16)10-8-17-5-6-18-10/h8-9H,1-7H2,(H,14,15). The molecule has 0 aromatic carbocycles. The number of nitrogens with zero attached hydrogens (tertiary/aromatic N) is 1. The van der Waals surface area contributed by atoms with Gasteiger partial charge in [0.05, 0.1) is 0 Å². The number of carbonyl (C=O) groups excluding carboxylic acids is 1. The molecule has 0 aromatic heterocycles. The van der Waals surface area contributed by atoms with E-state index in [0.717, 1.165) is 6.42 Å². The Balaban J connectivity index is 1.82. The molecule has 0 spiro atoms. The number of amides is 1. The van der Waals surface area contributed by atoms with Gasteiger partial charge in [0.15, 0.2) is 0 Å². The van der Waals surface area contributed by atoms with Crippen LogP contribution < -0.4 is 0 Å². The van der Waals surface area contributed by atoms with Crippen LogP contribution in [0, 0.1) is 5.92 Å². The van der Waals surface area contributed by atoms with Crippen molar-refractivity contribution in [3.8, 4) is 0 Å². The van der Waals surface area contributed by atoms with Gasteiger partial charge in [0.1, 0.15) is 19.5 Å². The summed E-state index contributed by atoms with van der Waals surface area (Å²) in [5, 5.41) is 8.63. The van der Waals surface area contributed by atoms with Gasteiger partial charge in [-0.15, -0.1) is 0 Å². The first-order valence-corrected chi connectivity index (χ1v) is 6.12. The Kier molecular flexibility index (Phi) is 4.07. The zero-order valence-electron chi connectivity index (χ0n) is 10.1. The van der Waals surface area contributed by atoms with Gasteiger partial charge >= 0.3 is 5.97 Å². The SMILES string of the molecule is O=C(O)CCC1CCN(C(=O)C2=COCCO2)C1. The molecule has 18 heavy (non-hydrogen) atoms. The lowest BCUT2D eigenvalue weighted by Crippen LogP contribution is -2.32. The molecule has 2 rings (SSSR count). The molecule has 1 N–H and O–H groups in total. The van der Waals surface area contributed by atoms with E-state index in [9.17, 15) is 9.59 Å². The van der Waals surface area contributed by atoms with Gasteiger partial charge in [-0.2, -0.15) is 0 Å². The average Bonchev–Trinajstić information content (AvgIpc) is 2.85. The minimum Gasteiger partial charge on any atom is -0.494 e. The van der Waals surface area contributed by atoms with Crippen LogP contribution in [0.1, 0.15) is 19.3 Å². The number of hydrogen-bond acceptors (Lipinski definition) is 4. The molecule has 1 fully saturated rings. The minimum atomic E-state index is -0.786. The third kappa shape index (κ3) is 3.15. The maximum Gasteiger partial charge on any atom is 0.303 e. The predicted octanol–water partition coefficient (Wildman–Crippen LogP) is 0.588. The Hall–Kier alpha value is -1.72. The largest absolute Gasteiger partial charge is 0.494 e. The highest BCUT2D eigenvalue weighted by Gasteiger charge is 2.29. The highest BCUT2D eigenvalue weighted by Crippen LogP contribution is 2.23. The van der Waals surface area contributed by atoms with E-state index in [1.807, 2.05) is 0 Å². The van der Waals surface area contributed by atoms with Gasteiger partial charge in [-0.05, 0) is 18.8 Å². The topological polar surface area (TPSA) is 76.1 Å². The van der Waals surface area contributed by atoms with E-state index < -0.39 is 5.97 Å². The van der Waals surface area contributed by atoms with Crippen LogP contribution in [0.3, 0.4) is 0 Å². The summed E-state index contributed by atoms with van der Waals surface area (Å²) in [6.45, 7) is 2.13. The van der Waals surface area contributed by atoms with Crippen molar-refractivity contribution in [1.29, 1.82) is 0 Å². The summed E-state index contributed by atoms with van der Waals surface area (Å²) in [4.78, 5) is 24.2. The summed E-state index contributed by atoms with van der Waals surface area (Å²) < 4.78 is 10.3. The van der Waals surface area contributed by atoms with Crippen LogP contribution in [0.5, 0.6) is 0 Å². The smallest absolute Gasteiger partial charge is 0.303 e. The lowest BCUT2D eigenvalue weighted by atomic mass is 10.0. The number of hydrogen-bond donors (Lipinski definition) is 1. The summed E-state index contributed by atoms with van der Waals surface area (Å²) >= 11 is 0. The third-order valence-electron chi connectivity index (χ3n) is 3.20. The molecule has 2 aliphatic rings. The van der Waals surface area contributed by atoms with Crippen molar-refractivity contribution < 1.29 is 24.2 Å². The molecule has 2 heterocycles. The number of carbonyl (C=O) groups is 2. The highest BCUT2D eigenvalue weighted by atomic mass is 16.6. The van der Waals surface area contributed by atoms with E-state index >= 15 is 0 Å². The van der Waals surface area contributed by atoms with Gasteiger partial charge in [0.25, 0.3) is 5.91 Å². The Morgan fingerprint density at radius 1 is 1.44 bits per heavy atom. The van der Waals surface area contributed by atoms with Crippen LogP contribution in [0.4, 0.5) is 0 Å². The third-order valence-corrected chi connectivity index (χ3v) is 3.20. The molecule has 1 saturated heterocycles. The maximum absolute atomic E-state index is 12.0. The van der Waals surface area contributed by atoms with Crippen molar-refractivity contribution in [1.82, 2.24) is 4.90 Å². The summed E-state index contributed by atoms with van der Waals surface area (Å²) in [6.07, 6.45) is 2.99. The quantitative estimate of drug-likeness (QED) is 0.795. The van der Waals surface area contributed by atoms with Gasteiger partial charge in [-0.1, -0.05) is 0 Å². The van der Waals surface area contributed by atoms with Crippen LogP contribution in [0.15, 0.2) is 12.0 Å². The first-order chi connectivity index (χ1) is 8.66. The van der Waals surface area contributed by atoms with Gasteiger partial charge in [0, 0.05) is 19.5 Å². The second kappa shape index (κ2) is 5.75. The minimum absolute atomic E-state index is 0.160. The second-order valence-corrected chi connectivity index (χ2v) is 4.54. The van der Waals surface area contributed by atoms with E-state index in [1.54, 1.807) is 4.90 Å². The summed E-state index contributed by atoms with van der Waals surface area (Å²) in [5.41, 5.74) is 0. The average molecular weight is 255 g/mol. The molecule has 2 aliphatic heterocycles. The van der Waals surface area contributed by atoms with E-state index in [4.69, 9.17) is 14.6 Å². The zero-order valence-corrected chi connectivity index (χ0v) is 10.1. The Morgan fingerprint density at radius 2 is 2.28 bits per heavy atom. The van der Waals surface area contributed by atoms with Crippen molar-refractivity contribution in [3.05, 3.63) is 12.0 Å². The molecule has 0 saturated carbocycles. The van der Waals surface area contributed by atoms with Crippen molar-refractivity contribution in [2.45, 2.75) is 19.3 Å². The fourth-order valence-electron chi connectivity index (χ4n) is 2.22. The summed E-state index contributed by atoms with van der Waals surface area (Å²) in [7, 11) is 0. The van der Waals surface area contributed by atoms with Gasteiger partial charge in [-0.3, -0.25) is 9.59 Å². The van der Waals surface area contributed by atoms with Gasteiger partial charge in [0.2, 0.25) is 5.76 Å². The number of carboxylic acids is 1. The number of carboxylic acid groups (broad SMARTS) is 1. The molecule has 6 nitrogen and oxygen atoms in total. The monoisotopic (exact) mass is 255 g/mol. The van der Waals surface area contributed by atoms with Gasteiger partial charge in [-0.25, -0.2) is 0 Å². The summed E-state index contributed by atoms with van der Waals surface area (Å²) in [6, 6.07) is 0. The Morgan fingerprint density at radius 3 is 2.94 bits per heavy atom. The van der Waals surface area contributed by atoms with Crippen molar-refractivity contribution in [2.24, 2.45) is 5.92 Å². The first-order valence-electron chi connectivity index (χ1n) is 6.12. The van der Waals surface area contributed by atoms with Crippen LogP contribution in [0.2, 0.25) is 0 Å². The fraction of sp³-hybridized carbons (Fsp3) is 0.667. The van der Waals surface area contributed by atoms with Crippen molar-refractivity contribution in [2.75, 3.05) is 26.3 Å². The molecule has 100 valence electrons. The molecule has 0 bridgehead atoms. The normalized spacial score (nSPS) is 23.0. The Bertz CT molecular complexity index is 365. The van der Waals surface area contributed by atoms with Crippen LogP contribution >= 0.6 is 0 Å².